The molecule has 2 amide bonds. The summed E-state index contributed by atoms with van der Waals surface area (Å²) in [5, 5.41) is 5.13. The highest BCUT2D eigenvalue weighted by molar-refractivity contribution is 8.01. The molecule has 4 rings (SSSR count). The first-order valence-electron chi connectivity index (χ1n) is 10.00. The molecule has 8 heteroatoms. The Morgan fingerprint density at radius 2 is 1.62 bits per heavy atom. The molecule has 0 aliphatic heterocycles. The summed E-state index contributed by atoms with van der Waals surface area (Å²) in [6, 6.07) is 20.9. The SMILES string of the molecule is CC(SCC(=O)Nc1ccc(F)cc1)C(=O)Nc1ccc(-n2cnc3ccccc32)cc1. The molecule has 1 unspecified atom stereocenters. The number of benzene rings is 3. The van der Waals surface area contributed by atoms with Crippen LogP contribution in [-0.2, 0) is 9.59 Å². The Morgan fingerprint density at radius 1 is 0.969 bits per heavy atom. The number of amides is 2. The Hall–Kier alpha value is -3.65. The standard InChI is InChI=1S/C24H21FN4O2S/c1-16(32-14-23(30)27-18-8-6-17(25)7-9-18)24(31)28-19-10-12-20(13-11-19)29-15-26-21-4-2-3-5-22(21)29/h2-13,15-16H,14H2,1H3,(H,27,30)(H,28,31). The minimum absolute atomic E-state index is 0.110. The van der Waals surface area contributed by atoms with Gasteiger partial charge in [0.15, 0.2) is 0 Å². The van der Waals surface area contributed by atoms with Crippen molar-refractivity contribution in [2.45, 2.75) is 12.2 Å². The van der Waals surface area contributed by atoms with E-state index in [0.717, 1.165) is 16.7 Å². The molecule has 0 aliphatic carbocycles. The number of nitrogens with zero attached hydrogens (tertiary/aromatic N) is 2. The first-order chi connectivity index (χ1) is 15.5. The predicted molar refractivity (Wildman–Crippen MR) is 127 cm³/mol. The molecule has 4 aromatic rings. The maximum absolute atomic E-state index is 12.9. The van der Waals surface area contributed by atoms with Gasteiger partial charge in [0.05, 0.1) is 22.0 Å². The molecule has 6 nitrogen and oxygen atoms in total. The fraction of sp³-hybridized carbons (Fsp3) is 0.125. The first kappa shape index (κ1) is 21.6. The minimum atomic E-state index is -0.425. The normalized spacial score (nSPS) is 11.8. The van der Waals surface area contributed by atoms with Crippen LogP contribution in [0.5, 0.6) is 0 Å². The van der Waals surface area contributed by atoms with Crippen LogP contribution in [0.4, 0.5) is 15.8 Å². The molecular formula is C24H21FN4O2S. The van der Waals surface area contributed by atoms with Crippen LogP contribution in [0.2, 0.25) is 0 Å². The van der Waals surface area contributed by atoms with Crippen molar-refractivity contribution in [2.24, 2.45) is 0 Å². The number of halogens is 1. The molecule has 32 heavy (non-hydrogen) atoms. The molecule has 0 aliphatic rings. The lowest BCUT2D eigenvalue weighted by atomic mass is 10.2. The third-order valence-electron chi connectivity index (χ3n) is 4.83. The van der Waals surface area contributed by atoms with Gasteiger partial charge in [-0.05, 0) is 67.6 Å². The van der Waals surface area contributed by atoms with E-state index in [2.05, 4.69) is 15.6 Å². The molecule has 2 N–H and O–H groups in total. The number of hydrogen-bond donors (Lipinski definition) is 2. The van der Waals surface area contributed by atoms with Gasteiger partial charge in [-0.2, -0.15) is 0 Å². The van der Waals surface area contributed by atoms with E-state index in [1.165, 1.54) is 36.0 Å². The highest BCUT2D eigenvalue weighted by atomic mass is 32.2. The van der Waals surface area contributed by atoms with E-state index < -0.39 is 5.25 Å². The largest absolute Gasteiger partial charge is 0.325 e. The average molecular weight is 449 g/mol. The van der Waals surface area contributed by atoms with Crippen LogP contribution in [0, 0.1) is 5.82 Å². The molecular weight excluding hydrogens is 427 g/mol. The Morgan fingerprint density at radius 3 is 2.38 bits per heavy atom. The van der Waals surface area contributed by atoms with E-state index in [-0.39, 0.29) is 23.4 Å². The van der Waals surface area contributed by atoms with Crippen LogP contribution in [0.15, 0.2) is 79.1 Å². The van der Waals surface area contributed by atoms with Crippen molar-refractivity contribution < 1.29 is 14.0 Å². The van der Waals surface area contributed by atoms with E-state index in [1.54, 1.807) is 13.3 Å². The Bertz CT molecular complexity index is 1240. The first-order valence-corrected chi connectivity index (χ1v) is 11.0. The second kappa shape index (κ2) is 9.65. The average Bonchev–Trinajstić information content (AvgIpc) is 3.24. The van der Waals surface area contributed by atoms with E-state index >= 15 is 0 Å². The Kier molecular flexibility index (Phi) is 6.51. The van der Waals surface area contributed by atoms with Crippen LogP contribution < -0.4 is 10.6 Å². The van der Waals surface area contributed by atoms with Gasteiger partial charge in [-0.1, -0.05) is 12.1 Å². The van der Waals surface area contributed by atoms with Gasteiger partial charge in [-0.25, -0.2) is 9.37 Å². The molecule has 1 atom stereocenters. The van der Waals surface area contributed by atoms with Crippen molar-refractivity contribution in [1.82, 2.24) is 9.55 Å². The quantitative estimate of drug-likeness (QED) is 0.423. The van der Waals surface area contributed by atoms with Gasteiger partial charge in [0, 0.05) is 17.1 Å². The Labute approximate surface area is 188 Å². The zero-order valence-corrected chi connectivity index (χ0v) is 18.1. The fourth-order valence-corrected chi connectivity index (χ4v) is 3.80. The van der Waals surface area contributed by atoms with Gasteiger partial charge in [0.2, 0.25) is 11.8 Å². The summed E-state index contributed by atoms with van der Waals surface area (Å²) in [4.78, 5) is 28.9. The van der Waals surface area contributed by atoms with E-state index in [9.17, 15) is 14.0 Å². The molecule has 0 fully saturated rings. The van der Waals surface area contributed by atoms with E-state index in [4.69, 9.17) is 0 Å². The third kappa shape index (κ3) is 5.15. The van der Waals surface area contributed by atoms with Crippen LogP contribution in [0.1, 0.15) is 6.92 Å². The second-order valence-corrected chi connectivity index (χ2v) is 8.48. The lowest BCUT2D eigenvalue weighted by molar-refractivity contribution is -0.115. The van der Waals surface area contributed by atoms with E-state index in [0.29, 0.717) is 11.4 Å². The van der Waals surface area contributed by atoms with Crippen LogP contribution >= 0.6 is 11.8 Å². The zero-order valence-electron chi connectivity index (χ0n) is 17.3. The zero-order chi connectivity index (χ0) is 22.5. The molecule has 1 aromatic heterocycles. The van der Waals surface area contributed by atoms with Crippen LogP contribution in [-0.4, -0.2) is 32.4 Å². The number of hydrogen-bond acceptors (Lipinski definition) is 4. The van der Waals surface area contributed by atoms with Crippen LogP contribution in [0.25, 0.3) is 16.7 Å². The van der Waals surface area contributed by atoms with Gasteiger partial charge < -0.3 is 10.6 Å². The second-order valence-electron chi connectivity index (χ2n) is 7.15. The van der Waals surface area contributed by atoms with Crippen molar-refractivity contribution in [3.63, 3.8) is 0 Å². The summed E-state index contributed by atoms with van der Waals surface area (Å²) in [6.07, 6.45) is 1.77. The highest BCUT2D eigenvalue weighted by Gasteiger charge is 2.16. The molecule has 0 saturated heterocycles. The Balaban J connectivity index is 1.30. The number of carbonyl (C=O) groups excluding carboxylic acids is 2. The lowest BCUT2D eigenvalue weighted by Crippen LogP contribution is -2.25. The van der Waals surface area contributed by atoms with Crippen molar-refractivity contribution in [2.75, 3.05) is 16.4 Å². The maximum atomic E-state index is 12.9. The van der Waals surface area contributed by atoms with E-state index in [1.807, 2.05) is 53.1 Å². The lowest BCUT2D eigenvalue weighted by Gasteiger charge is -2.13. The molecule has 3 aromatic carbocycles. The van der Waals surface area contributed by atoms with Crippen molar-refractivity contribution in [1.29, 1.82) is 0 Å². The van der Waals surface area contributed by atoms with Gasteiger partial charge in [-0.3, -0.25) is 14.2 Å². The number of para-hydroxylation sites is 2. The topological polar surface area (TPSA) is 76.0 Å². The predicted octanol–water partition coefficient (Wildman–Crippen LogP) is 4.86. The molecule has 0 radical (unpaired) electrons. The molecule has 0 saturated carbocycles. The van der Waals surface area contributed by atoms with Gasteiger partial charge in [0.1, 0.15) is 12.1 Å². The summed E-state index contributed by atoms with van der Waals surface area (Å²) in [5.41, 5.74) is 4.05. The molecule has 1 heterocycles. The number of imidazole rings is 1. The van der Waals surface area contributed by atoms with Gasteiger partial charge in [0.25, 0.3) is 0 Å². The number of nitrogens with one attached hydrogen (secondary N) is 2. The molecule has 0 bridgehead atoms. The van der Waals surface area contributed by atoms with Crippen molar-refractivity contribution >= 4 is 46.0 Å². The van der Waals surface area contributed by atoms with Crippen LogP contribution in [0.3, 0.4) is 0 Å². The highest BCUT2D eigenvalue weighted by Crippen LogP contribution is 2.20. The van der Waals surface area contributed by atoms with Crippen molar-refractivity contribution in [3.05, 3.63) is 84.9 Å². The number of thioether (sulfide) groups is 1. The smallest absolute Gasteiger partial charge is 0.237 e. The third-order valence-corrected chi connectivity index (χ3v) is 5.97. The summed E-state index contributed by atoms with van der Waals surface area (Å²) >= 11 is 1.23. The summed E-state index contributed by atoms with van der Waals surface area (Å²) in [5.74, 6) is -0.698. The summed E-state index contributed by atoms with van der Waals surface area (Å²) in [7, 11) is 0. The summed E-state index contributed by atoms with van der Waals surface area (Å²) in [6.45, 7) is 1.75. The maximum Gasteiger partial charge on any atom is 0.237 e. The number of carbonyl (C=O) groups is 2. The minimum Gasteiger partial charge on any atom is -0.325 e. The fourth-order valence-electron chi connectivity index (χ4n) is 3.12. The molecule has 162 valence electrons. The molecule has 0 spiro atoms. The number of rotatable bonds is 7. The number of fused-ring (bicyclic) bond motifs is 1. The monoisotopic (exact) mass is 448 g/mol. The van der Waals surface area contributed by atoms with Gasteiger partial charge >= 0.3 is 0 Å². The van der Waals surface area contributed by atoms with Crippen molar-refractivity contribution in [3.8, 4) is 5.69 Å². The summed E-state index contributed by atoms with van der Waals surface area (Å²) < 4.78 is 14.9. The van der Waals surface area contributed by atoms with Gasteiger partial charge in [-0.15, -0.1) is 11.8 Å². The number of anilines is 2. The number of aromatic nitrogens is 2.